The zero-order valence-corrected chi connectivity index (χ0v) is 7.35. The fourth-order valence-corrected chi connectivity index (χ4v) is 1.57. The Balaban J connectivity index is 2.42. The molecule has 3 N–H and O–H groups in total. The summed E-state index contributed by atoms with van der Waals surface area (Å²) in [5.41, 5.74) is 0. The lowest BCUT2D eigenvalue weighted by molar-refractivity contribution is -0.109. The third kappa shape index (κ3) is 2.17. The van der Waals surface area contributed by atoms with Crippen LogP contribution in [0.3, 0.4) is 0 Å². The summed E-state index contributed by atoms with van der Waals surface area (Å²) in [5, 5.41) is 27.8. The van der Waals surface area contributed by atoms with Gasteiger partial charge >= 0.3 is 0 Å². The van der Waals surface area contributed by atoms with Gasteiger partial charge < -0.3 is 15.3 Å². The minimum Gasteiger partial charge on any atom is -0.389 e. The molecule has 1 saturated heterocycles. The van der Waals surface area contributed by atoms with E-state index < -0.39 is 18.3 Å². The topological polar surface area (TPSA) is 63.9 Å². The van der Waals surface area contributed by atoms with E-state index in [0.29, 0.717) is 13.1 Å². The Kier molecular flexibility index (Phi) is 3.46. The van der Waals surface area contributed by atoms with E-state index in [1.807, 2.05) is 11.8 Å². The van der Waals surface area contributed by atoms with Crippen molar-refractivity contribution in [2.24, 2.45) is 0 Å². The summed E-state index contributed by atoms with van der Waals surface area (Å²) in [7, 11) is 0. The monoisotopic (exact) mass is 175 g/mol. The molecule has 72 valence electrons. The first-order valence-electron chi connectivity index (χ1n) is 4.41. The van der Waals surface area contributed by atoms with Crippen molar-refractivity contribution in [3.63, 3.8) is 0 Å². The van der Waals surface area contributed by atoms with Crippen molar-refractivity contribution in [2.45, 2.75) is 31.7 Å². The first-order chi connectivity index (χ1) is 5.65. The maximum Gasteiger partial charge on any atom is 0.108 e. The third-order valence-electron chi connectivity index (χ3n) is 2.22. The standard InChI is InChI=1S/C8H17NO3/c1-2-3-9-4-6(10)8(12)7(11)5-9/h6-8,10-12H,2-5H2,1H3/t6-,7-/m1/s1. The summed E-state index contributed by atoms with van der Waals surface area (Å²) < 4.78 is 0. The molecule has 1 rings (SSSR count). The Morgan fingerprint density at radius 1 is 1.17 bits per heavy atom. The summed E-state index contributed by atoms with van der Waals surface area (Å²) in [4.78, 5) is 1.96. The number of rotatable bonds is 2. The lowest BCUT2D eigenvalue weighted by Crippen LogP contribution is -2.55. The van der Waals surface area contributed by atoms with Gasteiger partial charge in [0, 0.05) is 13.1 Å². The van der Waals surface area contributed by atoms with E-state index in [4.69, 9.17) is 0 Å². The number of nitrogens with zero attached hydrogens (tertiary/aromatic N) is 1. The molecule has 0 saturated carbocycles. The molecule has 1 aliphatic heterocycles. The van der Waals surface area contributed by atoms with Gasteiger partial charge in [-0.25, -0.2) is 0 Å². The number of likely N-dealkylation sites (tertiary alicyclic amines) is 1. The van der Waals surface area contributed by atoms with E-state index >= 15 is 0 Å². The highest BCUT2D eigenvalue weighted by atomic mass is 16.4. The van der Waals surface area contributed by atoms with Gasteiger partial charge in [-0.05, 0) is 13.0 Å². The van der Waals surface area contributed by atoms with E-state index in [9.17, 15) is 15.3 Å². The van der Waals surface area contributed by atoms with E-state index in [0.717, 1.165) is 13.0 Å². The summed E-state index contributed by atoms with van der Waals surface area (Å²) in [6, 6.07) is 0. The summed E-state index contributed by atoms with van der Waals surface area (Å²) in [6.07, 6.45) is -1.59. The molecule has 0 spiro atoms. The maximum atomic E-state index is 9.29. The van der Waals surface area contributed by atoms with Gasteiger partial charge in [-0.1, -0.05) is 6.92 Å². The van der Waals surface area contributed by atoms with E-state index in [1.165, 1.54) is 0 Å². The Hall–Kier alpha value is -0.160. The third-order valence-corrected chi connectivity index (χ3v) is 2.22. The van der Waals surface area contributed by atoms with Crippen LogP contribution in [0, 0.1) is 0 Å². The molecule has 4 nitrogen and oxygen atoms in total. The molecule has 0 amide bonds. The van der Waals surface area contributed by atoms with Gasteiger partial charge in [0.1, 0.15) is 6.10 Å². The highest BCUT2D eigenvalue weighted by molar-refractivity contribution is 4.85. The molecule has 1 fully saturated rings. The van der Waals surface area contributed by atoms with Gasteiger partial charge in [-0.2, -0.15) is 0 Å². The van der Waals surface area contributed by atoms with E-state index in [2.05, 4.69) is 0 Å². The first-order valence-corrected chi connectivity index (χ1v) is 4.41. The molecule has 0 radical (unpaired) electrons. The van der Waals surface area contributed by atoms with E-state index in [1.54, 1.807) is 0 Å². The highest BCUT2D eigenvalue weighted by Crippen LogP contribution is 2.11. The zero-order chi connectivity index (χ0) is 9.14. The van der Waals surface area contributed by atoms with Gasteiger partial charge in [0.2, 0.25) is 0 Å². The largest absolute Gasteiger partial charge is 0.389 e. The number of hydrogen-bond donors (Lipinski definition) is 3. The van der Waals surface area contributed by atoms with Crippen LogP contribution in [0.2, 0.25) is 0 Å². The van der Waals surface area contributed by atoms with Gasteiger partial charge in [-0.3, -0.25) is 4.90 Å². The number of aliphatic hydroxyl groups is 3. The van der Waals surface area contributed by atoms with Crippen molar-refractivity contribution in [2.75, 3.05) is 19.6 Å². The van der Waals surface area contributed by atoms with Crippen molar-refractivity contribution in [1.82, 2.24) is 4.90 Å². The zero-order valence-electron chi connectivity index (χ0n) is 7.35. The molecular weight excluding hydrogens is 158 g/mol. The van der Waals surface area contributed by atoms with Gasteiger partial charge in [0.15, 0.2) is 0 Å². The van der Waals surface area contributed by atoms with Crippen LogP contribution >= 0.6 is 0 Å². The maximum absolute atomic E-state index is 9.29. The Morgan fingerprint density at radius 2 is 1.67 bits per heavy atom. The molecule has 0 unspecified atom stereocenters. The summed E-state index contributed by atoms with van der Waals surface area (Å²) in [6.45, 7) is 3.84. The van der Waals surface area contributed by atoms with Gasteiger partial charge in [0.05, 0.1) is 12.2 Å². The molecule has 0 aromatic carbocycles. The lowest BCUT2D eigenvalue weighted by atomic mass is 10.0. The highest BCUT2D eigenvalue weighted by Gasteiger charge is 2.32. The fraction of sp³-hybridized carbons (Fsp3) is 1.00. The van der Waals surface area contributed by atoms with Crippen LogP contribution in [0.1, 0.15) is 13.3 Å². The predicted molar refractivity (Wildman–Crippen MR) is 44.8 cm³/mol. The molecule has 1 aliphatic rings. The predicted octanol–water partition coefficient (Wildman–Crippen LogP) is -1.21. The Bertz CT molecular complexity index is 130. The number of β-amino-alcohol motifs (C(OH)–C–C–N with tert-alkyl or cyclic N) is 2. The van der Waals surface area contributed by atoms with Crippen LogP contribution in [0.5, 0.6) is 0 Å². The average molecular weight is 175 g/mol. The summed E-state index contributed by atoms with van der Waals surface area (Å²) in [5.74, 6) is 0. The minimum atomic E-state index is -0.974. The van der Waals surface area contributed by atoms with Crippen LogP contribution in [0.25, 0.3) is 0 Å². The number of aliphatic hydroxyl groups excluding tert-OH is 3. The molecule has 0 aromatic rings. The van der Waals surface area contributed by atoms with Crippen molar-refractivity contribution in [3.8, 4) is 0 Å². The normalized spacial score (nSPS) is 34.0. The second-order valence-electron chi connectivity index (χ2n) is 3.38. The molecule has 0 aliphatic carbocycles. The first kappa shape index (κ1) is 9.92. The quantitative estimate of drug-likeness (QED) is 0.493. The molecule has 12 heavy (non-hydrogen) atoms. The van der Waals surface area contributed by atoms with Crippen LogP contribution < -0.4 is 0 Å². The molecule has 2 atom stereocenters. The SMILES string of the molecule is CCCN1C[C@@H](O)C(O)[C@H](O)C1. The van der Waals surface area contributed by atoms with E-state index in [-0.39, 0.29) is 0 Å². The van der Waals surface area contributed by atoms with Crippen molar-refractivity contribution >= 4 is 0 Å². The molecule has 4 heteroatoms. The average Bonchev–Trinajstić information content (AvgIpc) is 2.01. The second-order valence-corrected chi connectivity index (χ2v) is 3.38. The van der Waals surface area contributed by atoms with Crippen LogP contribution in [-0.4, -0.2) is 58.2 Å². The lowest BCUT2D eigenvalue weighted by Gasteiger charge is -2.36. The van der Waals surface area contributed by atoms with Crippen LogP contribution in [-0.2, 0) is 0 Å². The van der Waals surface area contributed by atoms with Crippen LogP contribution in [0.4, 0.5) is 0 Å². The van der Waals surface area contributed by atoms with Gasteiger partial charge in [0.25, 0.3) is 0 Å². The Labute approximate surface area is 72.4 Å². The van der Waals surface area contributed by atoms with Gasteiger partial charge in [-0.15, -0.1) is 0 Å². The van der Waals surface area contributed by atoms with Crippen molar-refractivity contribution in [1.29, 1.82) is 0 Å². The van der Waals surface area contributed by atoms with Crippen LogP contribution in [0.15, 0.2) is 0 Å². The minimum absolute atomic E-state index is 0.464. The molecular formula is C8H17NO3. The second kappa shape index (κ2) is 4.18. The van der Waals surface area contributed by atoms with Crippen molar-refractivity contribution < 1.29 is 15.3 Å². The molecule has 1 heterocycles. The number of piperidine rings is 1. The fourth-order valence-electron chi connectivity index (χ4n) is 1.57. The summed E-state index contributed by atoms with van der Waals surface area (Å²) >= 11 is 0. The molecule has 0 bridgehead atoms. The number of hydrogen-bond acceptors (Lipinski definition) is 4. The molecule has 0 aromatic heterocycles. The van der Waals surface area contributed by atoms with Crippen molar-refractivity contribution in [3.05, 3.63) is 0 Å². The smallest absolute Gasteiger partial charge is 0.108 e. The Morgan fingerprint density at radius 3 is 2.08 bits per heavy atom.